The molecule has 5 nitrogen and oxygen atoms in total. The first-order valence-electron chi connectivity index (χ1n) is 6.39. The van der Waals surface area contributed by atoms with Crippen molar-refractivity contribution in [3.8, 4) is 0 Å². The van der Waals surface area contributed by atoms with E-state index in [0.29, 0.717) is 5.56 Å². The average molecular weight is 257 g/mol. The highest BCUT2D eigenvalue weighted by molar-refractivity contribution is 5.94. The van der Waals surface area contributed by atoms with Gasteiger partial charge in [0.2, 0.25) is 5.56 Å². The second-order valence-corrected chi connectivity index (χ2v) is 4.72. The molecule has 0 spiro atoms. The quantitative estimate of drug-likeness (QED) is 0.859. The van der Waals surface area contributed by atoms with Gasteiger partial charge in [-0.1, -0.05) is 0 Å². The molecular formula is C14H15N3O2. The Hall–Kier alpha value is -2.30. The number of carbonyl (C=O) groups excluding carboxylic acids is 1. The maximum atomic E-state index is 12.5. The van der Waals surface area contributed by atoms with Gasteiger partial charge >= 0.3 is 0 Å². The third-order valence-electron chi connectivity index (χ3n) is 3.53. The molecule has 0 radical (unpaired) electrons. The number of hydrogen-bond donors (Lipinski definition) is 2. The number of rotatable bonds is 2. The number of aromatic amines is 2. The molecule has 1 unspecified atom stereocenters. The van der Waals surface area contributed by atoms with Crippen molar-refractivity contribution in [1.29, 1.82) is 0 Å². The largest absolute Gasteiger partial charge is 0.363 e. The molecule has 1 amide bonds. The molecule has 1 saturated heterocycles. The summed E-state index contributed by atoms with van der Waals surface area (Å²) < 4.78 is 0. The van der Waals surface area contributed by atoms with Crippen LogP contribution in [0.5, 0.6) is 0 Å². The molecule has 1 aliphatic rings. The minimum absolute atomic E-state index is 0.0339. The summed E-state index contributed by atoms with van der Waals surface area (Å²) in [6.07, 6.45) is 5.32. The maximum absolute atomic E-state index is 12.5. The van der Waals surface area contributed by atoms with Crippen molar-refractivity contribution in [2.45, 2.75) is 18.9 Å². The van der Waals surface area contributed by atoms with Gasteiger partial charge in [-0.3, -0.25) is 9.59 Å². The second kappa shape index (κ2) is 4.76. The first-order valence-corrected chi connectivity index (χ1v) is 6.39. The zero-order valence-electron chi connectivity index (χ0n) is 10.4. The van der Waals surface area contributed by atoms with E-state index in [1.165, 1.54) is 12.3 Å². The third-order valence-corrected chi connectivity index (χ3v) is 3.53. The smallest absolute Gasteiger partial charge is 0.255 e. The Morgan fingerprint density at radius 2 is 2.16 bits per heavy atom. The SMILES string of the molecule is O=C(c1ccc(=O)[nH]c1)N1CCCC1c1ccc[nH]1. The van der Waals surface area contributed by atoms with Crippen molar-refractivity contribution in [1.82, 2.24) is 14.9 Å². The van der Waals surface area contributed by atoms with Crippen LogP contribution in [0.25, 0.3) is 0 Å². The monoisotopic (exact) mass is 257 g/mol. The van der Waals surface area contributed by atoms with E-state index in [1.54, 1.807) is 6.07 Å². The minimum atomic E-state index is -0.195. The summed E-state index contributed by atoms with van der Waals surface area (Å²) >= 11 is 0. The number of nitrogens with zero attached hydrogens (tertiary/aromatic N) is 1. The molecule has 5 heteroatoms. The Morgan fingerprint density at radius 1 is 1.26 bits per heavy atom. The van der Waals surface area contributed by atoms with E-state index in [1.807, 2.05) is 23.2 Å². The van der Waals surface area contributed by atoms with Gasteiger partial charge in [-0.2, -0.15) is 0 Å². The molecule has 98 valence electrons. The molecule has 0 aromatic carbocycles. The average Bonchev–Trinajstić information content (AvgIpc) is 3.09. The van der Waals surface area contributed by atoms with E-state index in [9.17, 15) is 9.59 Å². The summed E-state index contributed by atoms with van der Waals surface area (Å²) in [5, 5.41) is 0. The zero-order valence-corrected chi connectivity index (χ0v) is 10.4. The highest BCUT2D eigenvalue weighted by Crippen LogP contribution is 2.31. The van der Waals surface area contributed by atoms with Gasteiger partial charge < -0.3 is 14.9 Å². The van der Waals surface area contributed by atoms with E-state index < -0.39 is 0 Å². The fourth-order valence-electron chi connectivity index (χ4n) is 2.59. The molecule has 2 aromatic rings. The maximum Gasteiger partial charge on any atom is 0.255 e. The lowest BCUT2D eigenvalue weighted by Gasteiger charge is -2.24. The van der Waals surface area contributed by atoms with E-state index in [4.69, 9.17) is 0 Å². The van der Waals surface area contributed by atoms with Crippen LogP contribution in [0.3, 0.4) is 0 Å². The highest BCUT2D eigenvalue weighted by atomic mass is 16.2. The lowest BCUT2D eigenvalue weighted by atomic mass is 10.1. The molecule has 0 saturated carbocycles. The van der Waals surface area contributed by atoms with Crippen LogP contribution in [0.1, 0.15) is 34.9 Å². The number of amides is 1. The van der Waals surface area contributed by atoms with Gasteiger partial charge in [0.05, 0.1) is 11.6 Å². The van der Waals surface area contributed by atoms with Crippen molar-refractivity contribution in [2.24, 2.45) is 0 Å². The van der Waals surface area contributed by atoms with Crippen LogP contribution in [-0.4, -0.2) is 27.3 Å². The van der Waals surface area contributed by atoms with Gasteiger partial charge in [-0.15, -0.1) is 0 Å². The number of hydrogen-bond acceptors (Lipinski definition) is 2. The molecule has 0 aliphatic carbocycles. The molecular weight excluding hydrogens is 242 g/mol. The molecule has 0 bridgehead atoms. The summed E-state index contributed by atoms with van der Waals surface area (Å²) in [5.41, 5.74) is 1.40. The zero-order chi connectivity index (χ0) is 13.2. The first-order chi connectivity index (χ1) is 9.25. The van der Waals surface area contributed by atoms with E-state index in [-0.39, 0.29) is 17.5 Å². The number of likely N-dealkylation sites (tertiary alicyclic amines) is 1. The number of nitrogens with one attached hydrogen (secondary N) is 2. The van der Waals surface area contributed by atoms with Gasteiger partial charge in [0, 0.05) is 30.7 Å². The van der Waals surface area contributed by atoms with Crippen LogP contribution in [0.15, 0.2) is 41.5 Å². The summed E-state index contributed by atoms with van der Waals surface area (Å²) in [5.74, 6) is -0.0339. The topological polar surface area (TPSA) is 69.0 Å². The first kappa shape index (κ1) is 11.8. The minimum Gasteiger partial charge on any atom is -0.363 e. The Kier molecular flexibility index (Phi) is 2.95. The standard InChI is InChI=1S/C14H15N3O2/c18-13-6-5-10(9-16-13)14(19)17-8-2-4-12(17)11-3-1-7-15-11/h1,3,5-7,9,12,15H,2,4,8H2,(H,16,18). The predicted octanol–water partition coefficient (Wildman–Crippen LogP) is 1.68. The van der Waals surface area contributed by atoms with Crippen LogP contribution in [0.2, 0.25) is 0 Å². The lowest BCUT2D eigenvalue weighted by Crippen LogP contribution is -2.31. The normalized spacial score (nSPS) is 18.7. The van der Waals surface area contributed by atoms with Gasteiger partial charge in [-0.05, 0) is 31.0 Å². The van der Waals surface area contributed by atoms with Gasteiger partial charge in [0.15, 0.2) is 0 Å². The van der Waals surface area contributed by atoms with Crippen molar-refractivity contribution in [3.05, 3.63) is 58.3 Å². The van der Waals surface area contributed by atoms with Gasteiger partial charge in [0.1, 0.15) is 0 Å². The van der Waals surface area contributed by atoms with Crippen LogP contribution in [0, 0.1) is 0 Å². The fourth-order valence-corrected chi connectivity index (χ4v) is 2.59. The highest BCUT2D eigenvalue weighted by Gasteiger charge is 2.31. The number of pyridine rings is 1. The number of H-pyrrole nitrogens is 2. The third kappa shape index (κ3) is 2.19. The van der Waals surface area contributed by atoms with Gasteiger partial charge in [0.25, 0.3) is 5.91 Å². The molecule has 19 heavy (non-hydrogen) atoms. The van der Waals surface area contributed by atoms with Crippen molar-refractivity contribution < 1.29 is 4.79 Å². The number of carbonyl (C=O) groups is 1. The van der Waals surface area contributed by atoms with Gasteiger partial charge in [-0.25, -0.2) is 0 Å². The molecule has 2 aromatic heterocycles. The predicted molar refractivity (Wildman–Crippen MR) is 70.9 cm³/mol. The van der Waals surface area contributed by atoms with Crippen LogP contribution in [-0.2, 0) is 0 Å². The molecule has 1 aliphatic heterocycles. The fraction of sp³-hybridized carbons (Fsp3) is 0.286. The molecule has 1 atom stereocenters. The summed E-state index contributed by atoms with van der Waals surface area (Å²) in [7, 11) is 0. The Bertz CT molecular complexity index is 610. The lowest BCUT2D eigenvalue weighted by molar-refractivity contribution is 0.0733. The Morgan fingerprint density at radius 3 is 2.84 bits per heavy atom. The second-order valence-electron chi connectivity index (χ2n) is 4.72. The summed E-state index contributed by atoms with van der Waals surface area (Å²) in [6, 6.07) is 7.01. The molecule has 2 N–H and O–H groups in total. The number of aromatic nitrogens is 2. The summed E-state index contributed by atoms with van der Waals surface area (Å²) in [6.45, 7) is 0.752. The van der Waals surface area contributed by atoms with E-state index in [0.717, 1.165) is 25.1 Å². The van der Waals surface area contributed by atoms with Crippen molar-refractivity contribution >= 4 is 5.91 Å². The van der Waals surface area contributed by atoms with Crippen LogP contribution in [0.4, 0.5) is 0 Å². The van der Waals surface area contributed by atoms with Crippen LogP contribution < -0.4 is 5.56 Å². The Labute approximate surface area is 110 Å². The summed E-state index contributed by atoms with van der Waals surface area (Å²) in [4.78, 5) is 31.1. The molecule has 3 heterocycles. The van der Waals surface area contributed by atoms with Crippen molar-refractivity contribution in [3.63, 3.8) is 0 Å². The van der Waals surface area contributed by atoms with Crippen molar-refractivity contribution in [2.75, 3.05) is 6.54 Å². The van der Waals surface area contributed by atoms with E-state index >= 15 is 0 Å². The molecule has 1 fully saturated rings. The molecule has 3 rings (SSSR count). The van der Waals surface area contributed by atoms with E-state index in [2.05, 4.69) is 9.97 Å². The Balaban J connectivity index is 1.86. The van der Waals surface area contributed by atoms with Crippen LogP contribution >= 0.6 is 0 Å².